The minimum absolute atomic E-state index is 0.0125. The maximum atomic E-state index is 13.7. The lowest BCUT2D eigenvalue weighted by Gasteiger charge is -2.57. The molecule has 0 aromatic carbocycles. The number of Topliss-reactive ketones (excluding diaryl/α,β-unsaturated/α-hetero) is 2. The molecule has 4 aliphatic rings. The van der Waals surface area contributed by atoms with E-state index in [0.717, 1.165) is 5.57 Å². The first-order valence-electron chi connectivity index (χ1n) is 14.5. The number of ketones is 3. The number of esters is 1. The summed E-state index contributed by atoms with van der Waals surface area (Å²) in [5, 5.41) is 31.7. The van der Waals surface area contributed by atoms with Crippen molar-refractivity contribution in [3.8, 4) is 0 Å². The number of carbonyl (C=O) groups excluding carboxylic acids is 5. The lowest BCUT2D eigenvalue weighted by Crippen LogP contribution is -2.61. The fourth-order valence-electron chi connectivity index (χ4n) is 8.19. The highest BCUT2D eigenvalue weighted by Crippen LogP contribution is 2.66. The van der Waals surface area contributed by atoms with Crippen LogP contribution in [0.2, 0.25) is 0 Å². The highest BCUT2D eigenvalue weighted by molar-refractivity contribution is 5.95. The molecule has 3 saturated carbocycles. The number of rotatable bonds is 11. The molecule has 3 fully saturated rings. The average molecular weight is 590 g/mol. The van der Waals surface area contributed by atoms with Crippen LogP contribution in [0.15, 0.2) is 11.6 Å². The molecule has 0 unspecified atom stereocenters. The number of hydrogen-bond donors (Lipinski definition) is 4. The molecule has 12 nitrogen and oxygen atoms in total. The first kappa shape index (κ1) is 31.5. The maximum absolute atomic E-state index is 13.7. The summed E-state index contributed by atoms with van der Waals surface area (Å²) in [5.74, 6) is -5.33. The molecule has 1 amide bonds. The second kappa shape index (κ2) is 11.7. The summed E-state index contributed by atoms with van der Waals surface area (Å²) in [4.78, 5) is 85.4. The highest BCUT2D eigenvalue weighted by atomic mass is 16.5. The number of carboxylic acid groups (broad SMARTS) is 2. The Kier molecular flexibility index (Phi) is 8.78. The highest BCUT2D eigenvalue weighted by Gasteiger charge is 2.68. The average Bonchev–Trinajstić information content (AvgIpc) is 3.19. The van der Waals surface area contributed by atoms with Crippen LogP contribution < -0.4 is 5.32 Å². The van der Waals surface area contributed by atoms with Gasteiger partial charge in [-0.1, -0.05) is 19.4 Å². The Hall–Kier alpha value is -3.41. The van der Waals surface area contributed by atoms with Crippen LogP contribution in [0.4, 0.5) is 0 Å². The number of amides is 1. The molecule has 0 bridgehead atoms. The van der Waals surface area contributed by atoms with Gasteiger partial charge in [-0.3, -0.25) is 28.8 Å². The molecule has 0 aliphatic heterocycles. The smallest absolute Gasteiger partial charge is 0.326 e. The van der Waals surface area contributed by atoms with Crippen molar-refractivity contribution in [2.24, 2.45) is 28.6 Å². The zero-order chi connectivity index (χ0) is 31.0. The van der Waals surface area contributed by atoms with Gasteiger partial charge in [-0.05, 0) is 61.9 Å². The minimum atomic E-state index is -1.87. The molecule has 12 heteroatoms. The zero-order valence-corrected chi connectivity index (χ0v) is 24.0. The molecule has 230 valence electrons. The zero-order valence-electron chi connectivity index (χ0n) is 24.0. The third-order valence-corrected chi connectivity index (χ3v) is 10.5. The van der Waals surface area contributed by atoms with Gasteiger partial charge in [-0.25, -0.2) is 4.79 Å². The van der Waals surface area contributed by atoms with Gasteiger partial charge < -0.3 is 25.4 Å². The number of aliphatic hydroxyl groups is 1. The van der Waals surface area contributed by atoms with Crippen molar-refractivity contribution in [3.63, 3.8) is 0 Å². The predicted octanol–water partition coefficient (Wildman–Crippen LogP) is 1.76. The normalized spacial score (nSPS) is 34.3. The van der Waals surface area contributed by atoms with E-state index in [1.54, 1.807) is 13.0 Å². The van der Waals surface area contributed by atoms with Gasteiger partial charge in [-0.15, -0.1) is 0 Å². The monoisotopic (exact) mass is 589 g/mol. The summed E-state index contributed by atoms with van der Waals surface area (Å²) in [6.45, 7) is 3.10. The van der Waals surface area contributed by atoms with E-state index < -0.39 is 77.9 Å². The van der Waals surface area contributed by atoms with E-state index in [2.05, 4.69) is 12.2 Å². The van der Waals surface area contributed by atoms with Crippen molar-refractivity contribution in [2.75, 3.05) is 6.61 Å². The Morgan fingerprint density at radius 3 is 2.40 bits per heavy atom. The number of nitrogens with one attached hydrogen (secondary N) is 1. The topological polar surface area (TPSA) is 201 Å². The number of ether oxygens (including phenoxy) is 1. The summed E-state index contributed by atoms with van der Waals surface area (Å²) < 4.78 is 5.07. The summed E-state index contributed by atoms with van der Waals surface area (Å²) in [5.41, 5.74) is -2.27. The second-order valence-electron chi connectivity index (χ2n) is 12.8. The maximum Gasteiger partial charge on any atom is 0.326 e. The lowest BCUT2D eigenvalue weighted by molar-refractivity contribution is -0.174. The van der Waals surface area contributed by atoms with Crippen molar-refractivity contribution in [3.05, 3.63) is 11.6 Å². The van der Waals surface area contributed by atoms with E-state index in [1.165, 1.54) is 0 Å². The van der Waals surface area contributed by atoms with Gasteiger partial charge in [0.1, 0.15) is 17.4 Å². The molecule has 4 aliphatic carbocycles. The fourth-order valence-corrected chi connectivity index (χ4v) is 8.19. The van der Waals surface area contributed by atoms with Crippen LogP contribution in [0.5, 0.6) is 0 Å². The first-order chi connectivity index (χ1) is 19.6. The number of carbonyl (C=O) groups is 7. The van der Waals surface area contributed by atoms with Crippen LogP contribution in [0.25, 0.3) is 0 Å². The van der Waals surface area contributed by atoms with Gasteiger partial charge in [0.25, 0.3) is 0 Å². The lowest BCUT2D eigenvalue weighted by atomic mass is 9.46. The Bertz CT molecular complexity index is 1240. The minimum Gasteiger partial charge on any atom is -0.481 e. The van der Waals surface area contributed by atoms with Crippen LogP contribution in [-0.2, 0) is 38.3 Å². The molecule has 4 N–H and O–H groups in total. The van der Waals surface area contributed by atoms with Gasteiger partial charge in [0.05, 0.1) is 6.42 Å². The van der Waals surface area contributed by atoms with Crippen molar-refractivity contribution >= 4 is 41.2 Å². The Labute approximate surface area is 243 Å². The molecule has 42 heavy (non-hydrogen) atoms. The summed E-state index contributed by atoms with van der Waals surface area (Å²) in [6, 6.07) is -1.43. The molecule has 4 rings (SSSR count). The molecule has 0 radical (unpaired) electrons. The number of allylic oxidation sites excluding steroid dienone is 1. The molecule has 0 aromatic heterocycles. The van der Waals surface area contributed by atoms with Crippen molar-refractivity contribution in [1.29, 1.82) is 0 Å². The van der Waals surface area contributed by atoms with Gasteiger partial charge in [0.15, 0.2) is 12.4 Å². The van der Waals surface area contributed by atoms with E-state index in [-0.39, 0.29) is 48.6 Å². The second-order valence-corrected chi connectivity index (χ2v) is 12.8. The van der Waals surface area contributed by atoms with Gasteiger partial charge >= 0.3 is 17.9 Å². The van der Waals surface area contributed by atoms with Crippen LogP contribution in [0, 0.1) is 28.6 Å². The summed E-state index contributed by atoms with van der Waals surface area (Å²) in [7, 11) is 0. The van der Waals surface area contributed by atoms with Crippen LogP contribution in [0.1, 0.15) is 84.5 Å². The van der Waals surface area contributed by atoms with Gasteiger partial charge in [-0.2, -0.15) is 0 Å². The van der Waals surface area contributed by atoms with Crippen molar-refractivity contribution in [2.45, 2.75) is 96.1 Å². The number of aliphatic carboxylic acids is 2. The van der Waals surface area contributed by atoms with Crippen LogP contribution >= 0.6 is 0 Å². The van der Waals surface area contributed by atoms with E-state index in [1.807, 2.05) is 0 Å². The molecule has 0 saturated heterocycles. The largest absolute Gasteiger partial charge is 0.481 e. The third kappa shape index (κ3) is 5.65. The molecular formula is C30H39NO11. The summed E-state index contributed by atoms with van der Waals surface area (Å²) >= 11 is 0. The number of hydrogen-bond acceptors (Lipinski definition) is 9. The standard InChI is InChI=1S/C30H39NO11/c1-28-11-9-17(32)13-16(28)3-4-18-19-10-12-30(41,29(19,2)14-21(33)26(18)28)22(34)15-42-25(38)8-6-23(35)31-20(27(39)40)5-7-24(36)37/h13,18-20,26,41H,3-12,14-15H2,1-2H3,(H,31,35)(H,36,37)(H,39,40)/t18-,19-,20+,26+,28+,29+,30+/m1/s1. The number of fused-ring (bicyclic) bond motifs is 5. The van der Waals surface area contributed by atoms with E-state index in [9.17, 15) is 38.7 Å². The van der Waals surface area contributed by atoms with E-state index in [0.29, 0.717) is 32.1 Å². The molecule has 0 aromatic rings. The number of carboxylic acids is 2. The molecule has 7 atom stereocenters. The Morgan fingerprint density at radius 2 is 1.74 bits per heavy atom. The van der Waals surface area contributed by atoms with E-state index in [4.69, 9.17) is 14.9 Å². The Balaban J connectivity index is 1.35. The quantitative estimate of drug-likeness (QED) is 0.256. The predicted molar refractivity (Wildman–Crippen MR) is 144 cm³/mol. The van der Waals surface area contributed by atoms with Gasteiger partial charge in [0.2, 0.25) is 11.7 Å². The van der Waals surface area contributed by atoms with Crippen LogP contribution in [-0.4, -0.2) is 74.7 Å². The first-order valence-corrected chi connectivity index (χ1v) is 14.5. The van der Waals surface area contributed by atoms with Crippen molar-refractivity contribution < 1.29 is 53.6 Å². The van der Waals surface area contributed by atoms with Crippen molar-refractivity contribution in [1.82, 2.24) is 5.32 Å². The summed E-state index contributed by atoms with van der Waals surface area (Å²) in [6.07, 6.45) is 3.13. The molecule has 0 spiro atoms. The van der Waals surface area contributed by atoms with E-state index >= 15 is 0 Å². The Morgan fingerprint density at radius 1 is 1.02 bits per heavy atom. The molecular weight excluding hydrogens is 550 g/mol. The fraction of sp³-hybridized carbons (Fsp3) is 0.700. The van der Waals surface area contributed by atoms with Crippen LogP contribution in [0.3, 0.4) is 0 Å². The SMILES string of the molecule is C[C@]12CCC(=O)C=C1CC[C@H]1[C@H]2C(=O)C[C@@]2(C)[C@@H]1CC[C@]2(O)C(=O)COC(=O)CCC(=O)N[C@@H](CCC(=O)O)C(=O)O. The molecule has 0 heterocycles. The van der Waals surface area contributed by atoms with Gasteiger partial charge in [0, 0.05) is 37.0 Å². The third-order valence-electron chi connectivity index (χ3n) is 10.5.